The smallest absolute Gasteiger partial charge is 0.152 e. The maximum atomic E-state index is 14.3. The minimum atomic E-state index is -0.168. The number of fused-ring (bicyclic) bond motifs is 1. The number of aromatic nitrogens is 3. The predicted molar refractivity (Wildman–Crippen MR) is 79.5 cm³/mol. The van der Waals surface area contributed by atoms with Crippen molar-refractivity contribution < 1.29 is 4.39 Å². The van der Waals surface area contributed by atoms with Crippen molar-refractivity contribution in [2.45, 2.75) is 33.0 Å². The van der Waals surface area contributed by atoms with Gasteiger partial charge in [-0.1, -0.05) is 13.0 Å². The molecule has 1 aromatic heterocycles. The second kappa shape index (κ2) is 6.22. The molecule has 2 aromatic rings. The Kier molecular flexibility index (Phi) is 4.15. The minimum absolute atomic E-state index is 0.168. The van der Waals surface area contributed by atoms with Gasteiger partial charge in [0.1, 0.15) is 12.1 Å². The summed E-state index contributed by atoms with van der Waals surface area (Å²) in [6.07, 6.45) is 2.81. The van der Waals surface area contributed by atoms with E-state index in [-0.39, 0.29) is 5.82 Å². The van der Waals surface area contributed by atoms with Crippen LogP contribution in [-0.4, -0.2) is 27.9 Å². The van der Waals surface area contributed by atoms with E-state index < -0.39 is 0 Å². The van der Waals surface area contributed by atoms with Crippen LogP contribution >= 0.6 is 0 Å². The van der Waals surface area contributed by atoms with Crippen LogP contribution in [0.2, 0.25) is 0 Å². The van der Waals surface area contributed by atoms with E-state index in [1.54, 1.807) is 12.4 Å². The second-order valence-electron chi connectivity index (χ2n) is 5.32. The Labute approximate surface area is 123 Å². The molecule has 1 aliphatic heterocycles. The van der Waals surface area contributed by atoms with Gasteiger partial charge in [-0.2, -0.15) is 0 Å². The van der Waals surface area contributed by atoms with Crippen molar-refractivity contribution in [3.63, 3.8) is 0 Å². The molecule has 0 amide bonds. The van der Waals surface area contributed by atoms with Gasteiger partial charge in [0.05, 0.1) is 12.2 Å². The first-order chi connectivity index (χ1) is 10.3. The molecule has 0 aliphatic carbocycles. The number of rotatable bonds is 5. The molecule has 0 bridgehead atoms. The Balaban J connectivity index is 1.71. The van der Waals surface area contributed by atoms with Crippen LogP contribution in [0.15, 0.2) is 24.5 Å². The van der Waals surface area contributed by atoms with E-state index in [1.807, 2.05) is 21.6 Å². The topological polar surface area (TPSA) is 46.0 Å². The predicted octanol–water partition coefficient (Wildman–Crippen LogP) is 1.94. The van der Waals surface area contributed by atoms with Crippen LogP contribution in [-0.2, 0) is 19.6 Å². The summed E-state index contributed by atoms with van der Waals surface area (Å²) in [6.45, 7) is 5.94. The average Bonchev–Trinajstić information content (AvgIpc) is 2.95. The number of hydrogen-bond donors (Lipinski definition) is 1. The summed E-state index contributed by atoms with van der Waals surface area (Å²) in [5.74, 6) is 0.716. The molecule has 6 heteroatoms. The molecular formula is C15H20FN5. The standard InChI is InChI=1S/C15H20FN5/c1-2-5-17-9-12-3-4-14(13(16)8-12)20-6-7-21-11-18-19-15(21)10-20/h3-4,8,11,17H,2,5-7,9-10H2,1H3. The molecule has 0 radical (unpaired) electrons. The van der Waals surface area contributed by atoms with E-state index in [2.05, 4.69) is 22.4 Å². The highest BCUT2D eigenvalue weighted by molar-refractivity contribution is 5.49. The quantitative estimate of drug-likeness (QED) is 0.855. The zero-order chi connectivity index (χ0) is 14.7. The fourth-order valence-electron chi connectivity index (χ4n) is 2.60. The molecule has 112 valence electrons. The molecule has 0 spiro atoms. The average molecular weight is 289 g/mol. The Bertz CT molecular complexity index is 610. The van der Waals surface area contributed by atoms with E-state index in [0.29, 0.717) is 18.8 Å². The minimum Gasteiger partial charge on any atom is -0.360 e. The first kappa shape index (κ1) is 14.0. The second-order valence-corrected chi connectivity index (χ2v) is 5.32. The molecule has 3 rings (SSSR count). The molecule has 1 aliphatic rings. The lowest BCUT2D eigenvalue weighted by Crippen LogP contribution is -2.34. The van der Waals surface area contributed by atoms with Gasteiger partial charge in [-0.3, -0.25) is 0 Å². The van der Waals surface area contributed by atoms with Crippen LogP contribution in [0, 0.1) is 5.82 Å². The third-order valence-electron chi connectivity index (χ3n) is 3.75. The van der Waals surface area contributed by atoms with Crippen LogP contribution < -0.4 is 10.2 Å². The van der Waals surface area contributed by atoms with Crippen LogP contribution in [0.5, 0.6) is 0 Å². The van der Waals surface area contributed by atoms with Crippen LogP contribution in [0.3, 0.4) is 0 Å². The highest BCUT2D eigenvalue weighted by atomic mass is 19.1. The lowest BCUT2D eigenvalue weighted by molar-refractivity contribution is 0.543. The third-order valence-corrected chi connectivity index (χ3v) is 3.75. The lowest BCUT2D eigenvalue weighted by Gasteiger charge is -2.29. The van der Waals surface area contributed by atoms with Gasteiger partial charge < -0.3 is 14.8 Å². The van der Waals surface area contributed by atoms with Gasteiger partial charge in [-0.05, 0) is 30.7 Å². The summed E-state index contributed by atoms with van der Waals surface area (Å²) in [4.78, 5) is 2.02. The van der Waals surface area contributed by atoms with Crippen molar-refractivity contribution in [3.8, 4) is 0 Å². The molecular weight excluding hydrogens is 269 g/mol. The number of nitrogens with one attached hydrogen (secondary N) is 1. The summed E-state index contributed by atoms with van der Waals surface area (Å²) in [7, 11) is 0. The van der Waals surface area contributed by atoms with Gasteiger partial charge in [0.2, 0.25) is 0 Å². The monoisotopic (exact) mass is 289 g/mol. The largest absolute Gasteiger partial charge is 0.360 e. The number of benzene rings is 1. The van der Waals surface area contributed by atoms with Crippen molar-refractivity contribution in [2.24, 2.45) is 0 Å². The lowest BCUT2D eigenvalue weighted by atomic mass is 10.1. The highest BCUT2D eigenvalue weighted by Gasteiger charge is 2.20. The first-order valence-corrected chi connectivity index (χ1v) is 7.38. The van der Waals surface area contributed by atoms with Gasteiger partial charge in [-0.25, -0.2) is 4.39 Å². The van der Waals surface area contributed by atoms with Crippen molar-refractivity contribution >= 4 is 5.69 Å². The maximum absolute atomic E-state index is 14.3. The molecule has 0 saturated heterocycles. The Hall–Kier alpha value is -1.95. The van der Waals surface area contributed by atoms with E-state index >= 15 is 0 Å². The Morgan fingerprint density at radius 1 is 1.33 bits per heavy atom. The summed E-state index contributed by atoms with van der Waals surface area (Å²) in [5, 5.41) is 11.2. The van der Waals surface area contributed by atoms with Crippen LogP contribution in [0.25, 0.3) is 0 Å². The van der Waals surface area contributed by atoms with Gasteiger partial charge in [0, 0.05) is 19.6 Å². The van der Waals surface area contributed by atoms with Gasteiger partial charge >= 0.3 is 0 Å². The molecule has 21 heavy (non-hydrogen) atoms. The Morgan fingerprint density at radius 2 is 2.24 bits per heavy atom. The summed E-state index contributed by atoms with van der Waals surface area (Å²) >= 11 is 0. The van der Waals surface area contributed by atoms with E-state index in [0.717, 1.165) is 37.4 Å². The van der Waals surface area contributed by atoms with Crippen LogP contribution in [0.1, 0.15) is 24.7 Å². The van der Waals surface area contributed by atoms with Gasteiger partial charge in [0.25, 0.3) is 0 Å². The fourth-order valence-corrected chi connectivity index (χ4v) is 2.60. The number of hydrogen-bond acceptors (Lipinski definition) is 4. The number of anilines is 1. The van der Waals surface area contributed by atoms with E-state index in [1.165, 1.54) is 0 Å². The summed E-state index contributed by atoms with van der Waals surface area (Å²) < 4.78 is 16.3. The molecule has 0 atom stereocenters. The third kappa shape index (κ3) is 3.05. The highest BCUT2D eigenvalue weighted by Crippen LogP contribution is 2.24. The molecule has 1 N–H and O–H groups in total. The zero-order valence-corrected chi connectivity index (χ0v) is 12.2. The normalized spacial score (nSPS) is 14.3. The van der Waals surface area contributed by atoms with Gasteiger partial charge in [0.15, 0.2) is 5.82 Å². The molecule has 2 heterocycles. The molecule has 5 nitrogen and oxygen atoms in total. The van der Waals surface area contributed by atoms with E-state index in [9.17, 15) is 4.39 Å². The van der Waals surface area contributed by atoms with Crippen molar-refractivity contribution in [3.05, 3.63) is 41.7 Å². The maximum Gasteiger partial charge on any atom is 0.152 e. The van der Waals surface area contributed by atoms with Crippen molar-refractivity contribution in [1.82, 2.24) is 20.1 Å². The van der Waals surface area contributed by atoms with Gasteiger partial charge in [-0.15, -0.1) is 10.2 Å². The SMILES string of the molecule is CCCNCc1ccc(N2CCn3cnnc3C2)c(F)c1. The van der Waals surface area contributed by atoms with Crippen LogP contribution in [0.4, 0.5) is 10.1 Å². The molecule has 0 fully saturated rings. The molecule has 0 unspecified atom stereocenters. The summed E-state index contributed by atoms with van der Waals surface area (Å²) in [5.41, 5.74) is 1.62. The van der Waals surface area contributed by atoms with Crippen molar-refractivity contribution in [2.75, 3.05) is 18.0 Å². The number of nitrogens with zero attached hydrogens (tertiary/aromatic N) is 4. The number of halogens is 1. The Morgan fingerprint density at radius 3 is 3.05 bits per heavy atom. The first-order valence-electron chi connectivity index (χ1n) is 7.38. The van der Waals surface area contributed by atoms with Crippen molar-refractivity contribution in [1.29, 1.82) is 0 Å². The molecule has 0 saturated carbocycles. The fraction of sp³-hybridized carbons (Fsp3) is 0.467. The molecule has 1 aromatic carbocycles. The zero-order valence-electron chi connectivity index (χ0n) is 12.2. The van der Waals surface area contributed by atoms with E-state index in [4.69, 9.17) is 0 Å². The summed E-state index contributed by atoms with van der Waals surface area (Å²) in [6, 6.07) is 5.47.